The average Bonchev–Trinajstić information content (AvgIpc) is 2.69. The minimum atomic E-state index is -0.955. The van der Waals surface area contributed by atoms with Crippen LogP contribution in [0, 0.1) is 0 Å². The fourth-order valence-corrected chi connectivity index (χ4v) is 2.59. The van der Waals surface area contributed by atoms with Crippen molar-refractivity contribution in [1.82, 2.24) is 0 Å². The molecule has 2 N–H and O–H groups in total. The van der Waals surface area contributed by atoms with Gasteiger partial charge in [0.05, 0.1) is 5.60 Å². The predicted octanol–water partition coefficient (Wildman–Crippen LogP) is 1.89. The Morgan fingerprint density at radius 1 is 1.19 bits per heavy atom. The first-order valence-electron chi connectivity index (χ1n) is 6.84. The molecule has 0 atom stereocenters. The van der Waals surface area contributed by atoms with E-state index in [-0.39, 0.29) is 5.91 Å². The third-order valence-electron chi connectivity index (χ3n) is 3.67. The molecule has 0 spiro atoms. The van der Waals surface area contributed by atoms with Crippen LogP contribution in [0.3, 0.4) is 0 Å². The van der Waals surface area contributed by atoms with Gasteiger partial charge in [-0.1, -0.05) is 24.3 Å². The van der Waals surface area contributed by atoms with Gasteiger partial charge in [-0.05, 0) is 49.1 Å². The summed E-state index contributed by atoms with van der Waals surface area (Å²) < 4.78 is 5.51. The number of fused-ring (bicyclic) bond motifs is 1. The number of hydrogen-bond acceptors (Lipinski definition) is 3. The van der Waals surface area contributed by atoms with E-state index in [1.165, 1.54) is 0 Å². The van der Waals surface area contributed by atoms with E-state index in [2.05, 4.69) is 5.32 Å². The summed E-state index contributed by atoms with van der Waals surface area (Å²) in [5.74, 6) is -0.178. The van der Waals surface area contributed by atoms with Crippen molar-refractivity contribution < 1.29 is 14.5 Å². The van der Waals surface area contributed by atoms with Crippen LogP contribution in [0.4, 0.5) is 5.69 Å². The highest BCUT2D eigenvalue weighted by molar-refractivity contribution is 6.62. The highest BCUT2D eigenvalue weighted by Gasteiger charge is 2.40. The molecule has 0 saturated carbocycles. The van der Waals surface area contributed by atoms with E-state index in [1.807, 2.05) is 44.2 Å². The summed E-state index contributed by atoms with van der Waals surface area (Å²) in [6, 6.07) is 14.5. The third-order valence-corrected chi connectivity index (χ3v) is 3.67. The van der Waals surface area contributed by atoms with Gasteiger partial charge in [-0.15, -0.1) is 0 Å². The van der Waals surface area contributed by atoms with Gasteiger partial charge in [0.25, 0.3) is 5.91 Å². The van der Waals surface area contributed by atoms with Crippen LogP contribution >= 0.6 is 0 Å². The fourth-order valence-electron chi connectivity index (χ4n) is 2.59. The Kier molecular flexibility index (Phi) is 3.31. The zero-order valence-electron chi connectivity index (χ0n) is 12.0. The Morgan fingerprint density at radius 2 is 1.90 bits per heavy atom. The van der Waals surface area contributed by atoms with Crippen molar-refractivity contribution in [2.24, 2.45) is 0 Å². The number of amides is 1. The van der Waals surface area contributed by atoms with Gasteiger partial charge >= 0.3 is 7.12 Å². The van der Waals surface area contributed by atoms with Crippen LogP contribution in [0.2, 0.25) is 0 Å². The molecule has 1 amide bonds. The van der Waals surface area contributed by atoms with Gasteiger partial charge in [0.15, 0.2) is 0 Å². The first-order chi connectivity index (χ1) is 9.97. The Hall–Kier alpha value is -2.11. The quantitative estimate of drug-likeness (QED) is 0.826. The van der Waals surface area contributed by atoms with Gasteiger partial charge in [0.1, 0.15) is 0 Å². The van der Waals surface area contributed by atoms with Crippen molar-refractivity contribution >= 4 is 24.2 Å². The smallest absolute Gasteiger partial charge is 0.423 e. The lowest BCUT2D eigenvalue weighted by molar-refractivity contribution is 0.101. The maximum absolute atomic E-state index is 12.1. The van der Waals surface area contributed by atoms with Gasteiger partial charge < -0.3 is 15.0 Å². The normalized spacial score (nSPS) is 15.7. The lowest BCUT2D eigenvalue weighted by Crippen LogP contribution is -2.29. The van der Waals surface area contributed by atoms with Crippen LogP contribution in [-0.4, -0.2) is 18.0 Å². The summed E-state index contributed by atoms with van der Waals surface area (Å²) >= 11 is 0. The Labute approximate surface area is 123 Å². The lowest BCUT2D eigenvalue weighted by atomic mass is 9.78. The van der Waals surface area contributed by atoms with E-state index in [4.69, 9.17) is 4.65 Å². The third kappa shape index (κ3) is 2.58. The molecule has 1 heterocycles. The molecular weight excluding hydrogens is 265 g/mol. The minimum absolute atomic E-state index is 0.178. The molecule has 3 rings (SSSR count). The summed E-state index contributed by atoms with van der Waals surface area (Å²) in [5, 5.41) is 12.8. The molecule has 0 radical (unpaired) electrons. The van der Waals surface area contributed by atoms with Crippen LogP contribution in [0.15, 0.2) is 48.5 Å². The molecule has 0 saturated heterocycles. The van der Waals surface area contributed by atoms with Crippen LogP contribution in [0.5, 0.6) is 0 Å². The Balaban J connectivity index is 1.86. The minimum Gasteiger partial charge on any atom is -0.423 e. The number of carbonyl (C=O) groups excluding carboxylic acids is 1. The van der Waals surface area contributed by atoms with Gasteiger partial charge in [0.2, 0.25) is 0 Å². The van der Waals surface area contributed by atoms with Crippen molar-refractivity contribution in [2.45, 2.75) is 19.4 Å². The Bertz CT molecular complexity index is 685. The highest BCUT2D eigenvalue weighted by atomic mass is 16.5. The standard InChI is InChI=1S/C16H16BNO3/c1-16(2)13-9-8-12(10-14(13)17(20)21-16)18-15(19)11-6-4-3-5-7-11/h3-10,20H,1-2H3,(H,18,19). The monoisotopic (exact) mass is 281 g/mol. The van der Waals surface area contributed by atoms with Gasteiger partial charge in [-0.2, -0.15) is 0 Å². The molecule has 2 aromatic carbocycles. The first-order valence-corrected chi connectivity index (χ1v) is 6.84. The molecule has 2 aromatic rings. The van der Waals surface area contributed by atoms with Gasteiger partial charge in [0, 0.05) is 11.3 Å². The second-order valence-corrected chi connectivity index (χ2v) is 5.60. The second-order valence-electron chi connectivity index (χ2n) is 5.60. The van der Waals surface area contributed by atoms with Crippen LogP contribution in [-0.2, 0) is 10.3 Å². The summed E-state index contributed by atoms with van der Waals surface area (Å²) in [7, 11) is -0.955. The molecule has 106 valence electrons. The molecule has 21 heavy (non-hydrogen) atoms. The SMILES string of the molecule is CC1(C)OB(O)c2cc(NC(=O)c3ccccc3)ccc21. The zero-order chi connectivity index (χ0) is 15.0. The number of benzene rings is 2. The maximum atomic E-state index is 12.1. The number of nitrogens with one attached hydrogen (secondary N) is 1. The number of carbonyl (C=O) groups is 1. The zero-order valence-corrected chi connectivity index (χ0v) is 12.0. The summed E-state index contributed by atoms with van der Waals surface area (Å²) in [5.41, 5.74) is 2.35. The van der Waals surface area contributed by atoms with Crippen molar-refractivity contribution in [3.05, 3.63) is 59.7 Å². The van der Waals surface area contributed by atoms with E-state index in [0.717, 1.165) is 5.56 Å². The van der Waals surface area contributed by atoms with Crippen molar-refractivity contribution in [2.75, 3.05) is 5.32 Å². The number of rotatable bonds is 2. The topological polar surface area (TPSA) is 58.6 Å². The van der Waals surface area contributed by atoms with Gasteiger partial charge in [-0.3, -0.25) is 4.79 Å². The molecule has 4 nitrogen and oxygen atoms in total. The lowest BCUT2D eigenvalue weighted by Gasteiger charge is -2.19. The molecule has 0 bridgehead atoms. The largest absolute Gasteiger partial charge is 0.492 e. The fraction of sp³-hybridized carbons (Fsp3) is 0.188. The molecule has 0 aliphatic carbocycles. The van der Waals surface area contributed by atoms with E-state index in [9.17, 15) is 9.82 Å². The molecule has 0 unspecified atom stereocenters. The molecule has 0 aromatic heterocycles. The average molecular weight is 281 g/mol. The van der Waals surface area contributed by atoms with Crippen molar-refractivity contribution in [1.29, 1.82) is 0 Å². The summed E-state index contributed by atoms with van der Waals surface area (Å²) in [6.45, 7) is 3.81. The van der Waals surface area contributed by atoms with Crippen LogP contribution in [0.1, 0.15) is 29.8 Å². The number of hydrogen-bond donors (Lipinski definition) is 2. The summed E-state index contributed by atoms with van der Waals surface area (Å²) in [4.78, 5) is 12.1. The van der Waals surface area contributed by atoms with Gasteiger partial charge in [-0.25, -0.2) is 0 Å². The van der Waals surface area contributed by atoms with Crippen LogP contribution in [0.25, 0.3) is 0 Å². The highest BCUT2D eigenvalue weighted by Crippen LogP contribution is 2.30. The van der Waals surface area contributed by atoms with E-state index in [0.29, 0.717) is 16.7 Å². The summed E-state index contributed by atoms with van der Waals surface area (Å²) in [6.07, 6.45) is 0. The molecule has 1 aliphatic rings. The Morgan fingerprint density at radius 3 is 2.62 bits per heavy atom. The van der Waals surface area contributed by atoms with Crippen molar-refractivity contribution in [3.63, 3.8) is 0 Å². The molecule has 1 aliphatic heterocycles. The first kappa shape index (κ1) is 13.9. The van der Waals surface area contributed by atoms with E-state index in [1.54, 1.807) is 18.2 Å². The molecule has 5 heteroatoms. The molecule has 0 fully saturated rings. The second kappa shape index (κ2) is 5.02. The maximum Gasteiger partial charge on any atom is 0.492 e. The van der Waals surface area contributed by atoms with Crippen LogP contribution < -0.4 is 10.8 Å². The predicted molar refractivity (Wildman–Crippen MR) is 82.6 cm³/mol. The van der Waals surface area contributed by atoms with E-state index >= 15 is 0 Å². The molecular formula is C16H16BNO3. The number of anilines is 1. The van der Waals surface area contributed by atoms with Crippen molar-refractivity contribution in [3.8, 4) is 0 Å². The van der Waals surface area contributed by atoms with E-state index < -0.39 is 12.7 Å².